The lowest BCUT2D eigenvalue weighted by Crippen LogP contribution is -1.94. The highest BCUT2D eigenvalue weighted by molar-refractivity contribution is 5.66. The average Bonchev–Trinajstić information content (AvgIpc) is 2.52. The lowest BCUT2D eigenvalue weighted by Gasteiger charge is -1.98. The fraction of sp³-hybridized carbons (Fsp3) is 0.545. The van der Waals surface area contributed by atoms with Crippen LogP contribution < -0.4 is 0 Å². The van der Waals surface area contributed by atoms with Crippen molar-refractivity contribution in [3.63, 3.8) is 0 Å². The molecule has 0 saturated carbocycles. The molecule has 0 aliphatic heterocycles. The van der Waals surface area contributed by atoms with Crippen LogP contribution in [-0.4, -0.2) is 22.2 Å². The first-order valence-electron chi connectivity index (χ1n) is 9.00. The molecule has 0 unspecified atom stereocenters. The molecule has 0 heterocycles. The second-order valence-electron chi connectivity index (χ2n) is 5.04. The Morgan fingerprint density at radius 3 is 0.885 bits per heavy atom. The predicted octanol–water partition coefficient (Wildman–Crippen LogP) is 7.05. The van der Waals surface area contributed by atoms with Crippen LogP contribution >= 0.6 is 0 Å². The molecule has 0 atom stereocenters. The van der Waals surface area contributed by atoms with Crippen LogP contribution in [0, 0.1) is 0 Å². The highest BCUT2D eigenvalue weighted by Gasteiger charge is 1.98. The van der Waals surface area contributed by atoms with E-state index in [9.17, 15) is 9.59 Å². The van der Waals surface area contributed by atoms with Crippen LogP contribution in [-0.2, 0) is 9.59 Å². The third-order valence-corrected chi connectivity index (χ3v) is 2.03. The van der Waals surface area contributed by atoms with Gasteiger partial charge in [-0.3, -0.25) is 9.59 Å². The second kappa shape index (κ2) is 43.4. The summed E-state index contributed by atoms with van der Waals surface area (Å²) in [7, 11) is 0. The molecule has 154 valence electrons. The number of unbranched alkanes of at least 4 members (excludes halogenated alkanes) is 5. The van der Waals surface area contributed by atoms with Gasteiger partial charge in [-0.1, -0.05) is 50.0 Å². The summed E-state index contributed by atoms with van der Waals surface area (Å²) >= 11 is 0. The van der Waals surface area contributed by atoms with Crippen molar-refractivity contribution in [1.29, 1.82) is 0 Å². The van der Waals surface area contributed by atoms with Gasteiger partial charge >= 0.3 is 11.9 Å². The number of allylic oxidation sites excluding steroid dienone is 4. The molecule has 0 aliphatic carbocycles. The zero-order chi connectivity index (χ0) is 21.6. The van der Waals surface area contributed by atoms with Crippen molar-refractivity contribution in [2.75, 3.05) is 0 Å². The molecule has 4 nitrogen and oxygen atoms in total. The summed E-state index contributed by atoms with van der Waals surface area (Å²) in [6, 6.07) is 0. The fourth-order valence-corrected chi connectivity index (χ4v) is 1.26. The molecule has 2 N–H and O–H groups in total. The van der Waals surface area contributed by atoms with Gasteiger partial charge in [-0.25, -0.2) is 0 Å². The van der Waals surface area contributed by atoms with Gasteiger partial charge in [0, 0.05) is 12.8 Å². The Hall–Kier alpha value is -2.10. The minimum absolute atomic E-state index is 0.245. The van der Waals surface area contributed by atoms with Crippen molar-refractivity contribution in [1.82, 2.24) is 0 Å². The molecular weight excluding hydrogens is 328 g/mol. The molecule has 0 aromatic heterocycles. The monoisotopic (exact) mass is 370 g/mol. The molecule has 0 saturated heterocycles. The van der Waals surface area contributed by atoms with E-state index in [1.54, 1.807) is 24.3 Å². The van der Waals surface area contributed by atoms with Gasteiger partial charge in [0.05, 0.1) is 0 Å². The summed E-state index contributed by atoms with van der Waals surface area (Å²) in [5, 5.41) is 16.7. The summed E-state index contributed by atoms with van der Waals surface area (Å²) in [5.74, 6) is -1.48. The van der Waals surface area contributed by atoms with E-state index in [2.05, 4.69) is 26.3 Å². The van der Waals surface area contributed by atoms with Crippen LogP contribution in [0.15, 0.2) is 50.6 Å². The van der Waals surface area contributed by atoms with E-state index in [1.807, 2.05) is 27.7 Å². The Morgan fingerprint density at radius 2 is 0.731 bits per heavy atom. The third-order valence-electron chi connectivity index (χ3n) is 2.03. The van der Waals surface area contributed by atoms with Crippen LogP contribution in [0.3, 0.4) is 0 Å². The largest absolute Gasteiger partial charge is 0.481 e. The number of rotatable bonds is 9. The lowest BCUT2D eigenvalue weighted by molar-refractivity contribution is -0.138. The van der Waals surface area contributed by atoms with Crippen molar-refractivity contribution in [3.8, 4) is 0 Å². The van der Waals surface area contributed by atoms with Crippen molar-refractivity contribution < 1.29 is 19.8 Å². The standard InChI is InChI=1S/C10H18O4.4C3H6/c11-9(12)7-5-3-1-2-4-6-8-10(13)14;4*1-3-2/h1-8H2,(H,11,12)(H,13,14);4*3H,1H2,2H3. The Balaban J connectivity index is -0.000000100. The molecule has 0 bridgehead atoms. The maximum Gasteiger partial charge on any atom is 0.303 e. The minimum Gasteiger partial charge on any atom is -0.481 e. The van der Waals surface area contributed by atoms with Gasteiger partial charge in [0.15, 0.2) is 0 Å². The molecule has 0 amide bonds. The lowest BCUT2D eigenvalue weighted by atomic mass is 10.1. The summed E-state index contributed by atoms with van der Waals surface area (Å²) in [6.07, 6.45) is 12.8. The Labute approximate surface area is 162 Å². The number of carboxylic acid groups (broad SMARTS) is 2. The van der Waals surface area contributed by atoms with Crippen molar-refractivity contribution in [3.05, 3.63) is 50.6 Å². The van der Waals surface area contributed by atoms with Crippen LogP contribution in [0.4, 0.5) is 0 Å². The number of aliphatic carboxylic acids is 2. The highest BCUT2D eigenvalue weighted by Crippen LogP contribution is 2.08. The Kier molecular flexibility index (Phi) is 58.6. The minimum atomic E-state index is -0.740. The number of carboxylic acids is 2. The number of hydrogen-bond donors (Lipinski definition) is 2. The molecule has 0 aromatic carbocycles. The summed E-state index contributed by atoms with van der Waals surface area (Å²) in [6.45, 7) is 21.0. The molecule has 0 radical (unpaired) electrons. The molecular formula is C22H42O4. The predicted molar refractivity (Wildman–Crippen MR) is 116 cm³/mol. The molecule has 0 aliphatic rings. The topological polar surface area (TPSA) is 74.6 Å². The molecule has 0 spiro atoms. The van der Waals surface area contributed by atoms with Crippen LogP contribution in [0.25, 0.3) is 0 Å². The van der Waals surface area contributed by atoms with E-state index in [4.69, 9.17) is 10.2 Å². The van der Waals surface area contributed by atoms with Gasteiger partial charge in [0.25, 0.3) is 0 Å². The zero-order valence-electron chi connectivity index (χ0n) is 17.5. The number of carbonyl (C=O) groups is 2. The van der Waals surface area contributed by atoms with Gasteiger partial charge in [-0.15, -0.1) is 26.3 Å². The van der Waals surface area contributed by atoms with E-state index in [0.717, 1.165) is 38.5 Å². The summed E-state index contributed by atoms with van der Waals surface area (Å²) < 4.78 is 0. The first kappa shape index (κ1) is 35.1. The van der Waals surface area contributed by atoms with E-state index in [1.165, 1.54) is 0 Å². The quantitative estimate of drug-likeness (QED) is 0.337. The summed E-state index contributed by atoms with van der Waals surface area (Å²) in [5.41, 5.74) is 0. The van der Waals surface area contributed by atoms with E-state index < -0.39 is 11.9 Å². The molecule has 26 heavy (non-hydrogen) atoms. The van der Waals surface area contributed by atoms with Crippen molar-refractivity contribution in [2.45, 2.75) is 79.1 Å². The van der Waals surface area contributed by atoms with Gasteiger partial charge in [-0.2, -0.15) is 0 Å². The van der Waals surface area contributed by atoms with E-state index >= 15 is 0 Å². The fourth-order valence-electron chi connectivity index (χ4n) is 1.26. The SMILES string of the molecule is C=CC.C=CC.C=CC.C=CC.O=C(O)CCCCCCCCC(=O)O. The Bertz CT molecular complexity index is 276. The van der Waals surface area contributed by atoms with Crippen molar-refractivity contribution in [2.24, 2.45) is 0 Å². The number of hydrogen-bond acceptors (Lipinski definition) is 2. The molecule has 0 fully saturated rings. The molecule has 0 rings (SSSR count). The van der Waals surface area contributed by atoms with Crippen LogP contribution in [0.1, 0.15) is 79.1 Å². The Morgan fingerprint density at radius 1 is 0.577 bits per heavy atom. The maximum absolute atomic E-state index is 10.1. The second-order valence-corrected chi connectivity index (χ2v) is 5.04. The van der Waals surface area contributed by atoms with E-state index in [0.29, 0.717) is 0 Å². The first-order valence-corrected chi connectivity index (χ1v) is 9.00. The average molecular weight is 371 g/mol. The van der Waals surface area contributed by atoms with Crippen molar-refractivity contribution >= 4 is 11.9 Å². The van der Waals surface area contributed by atoms with Gasteiger partial charge in [-0.05, 0) is 40.5 Å². The first-order chi connectivity index (χ1) is 12.3. The highest BCUT2D eigenvalue weighted by atomic mass is 16.4. The van der Waals surface area contributed by atoms with E-state index in [-0.39, 0.29) is 12.8 Å². The smallest absolute Gasteiger partial charge is 0.303 e. The maximum atomic E-state index is 10.1. The molecule has 0 aromatic rings. The summed E-state index contributed by atoms with van der Waals surface area (Å²) in [4.78, 5) is 20.3. The normalized spacial score (nSPS) is 7.38. The third kappa shape index (κ3) is 121. The van der Waals surface area contributed by atoms with Gasteiger partial charge < -0.3 is 10.2 Å². The molecule has 4 heteroatoms. The zero-order valence-corrected chi connectivity index (χ0v) is 17.5. The van der Waals surface area contributed by atoms with Gasteiger partial charge in [0.1, 0.15) is 0 Å². The van der Waals surface area contributed by atoms with Gasteiger partial charge in [0.2, 0.25) is 0 Å². The van der Waals surface area contributed by atoms with Crippen LogP contribution in [0.2, 0.25) is 0 Å². The van der Waals surface area contributed by atoms with Crippen LogP contribution in [0.5, 0.6) is 0 Å².